The first-order valence-corrected chi connectivity index (χ1v) is 8.20. The number of hydrogen-bond acceptors (Lipinski definition) is 3. The zero-order valence-corrected chi connectivity index (χ0v) is 14.7. The summed E-state index contributed by atoms with van der Waals surface area (Å²) in [4.78, 5) is 14.7. The summed E-state index contributed by atoms with van der Waals surface area (Å²) in [5.41, 5.74) is -0.345. The first kappa shape index (κ1) is 19.4. The van der Waals surface area contributed by atoms with Crippen LogP contribution in [0.2, 0.25) is 0 Å². The first-order valence-electron chi connectivity index (χ1n) is 8.20. The van der Waals surface area contributed by atoms with Crippen molar-refractivity contribution in [1.82, 2.24) is 4.90 Å². The fraction of sp³-hybridized carbons (Fsp3) is 0.941. The topological polar surface area (TPSA) is 29.5 Å². The maximum absolute atomic E-state index is 12.4. The molecule has 0 fully saturated rings. The molecule has 3 heteroatoms. The van der Waals surface area contributed by atoms with Gasteiger partial charge in [-0.15, -0.1) is 0 Å². The molecule has 0 rings (SSSR count). The lowest BCUT2D eigenvalue weighted by Gasteiger charge is -2.32. The van der Waals surface area contributed by atoms with E-state index in [0.717, 1.165) is 32.4 Å². The SMILES string of the molecule is CCCN(CCOC(=O)C(C)(CCC)C(C)C)C(C)C. The predicted molar refractivity (Wildman–Crippen MR) is 85.8 cm³/mol. The molecule has 0 bridgehead atoms. The zero-order valence-electron chi connectivity index (χ0n) is 14.7. The number of hydrogen-bond donors (Lipinski definition) is 0. The third kappa shape index (κ3) is 5.82. The summed E-state index contributed by atoms with van der Waals surface area (Å²) in [5.74, 6) is 0.279. The van der Waals surface area contributed by atoms with E-state index in [1.165, 1.54) is 0 Å². The molecule has 3 nitrogen and oxygen atoms in total. The van der Waals surface area contributed by atoms with Gasteiger partial charge >= 0.3 is 5.97 Å². The van der Waals surface area contributed by atoms with Crippen LogP contribution in [0.4, 0.5) is 0 Å². The third-order valence-corrected chi connectivity index (χ3v) is 4.36. The summed E-state index contributed by atoms with van der Waals surface area (Å²) >= 11 is 0. The second kappa shape index (κ2) is 9.38. The molecule has 0 radical (unpaired) electrons. The lowest BCUT2D eigenvalue weighted by molar-refractivity contribution is -0.158. The number of nitrogens with zero attached hydrogens (tertiary/aromatic N) is 1. The van der Waals surface area contributed by atoms with E-state index in [4.69, 9.17) is 4.74 Å². The lowest BCUT2D eigenvalue weighted by Crippen LogP contribution is -2.38. The summed E-state index contributed by atoms with van der Waals surface area (Å²) in [6, 6.07) is 0.501. The summed E-state index contributed by atoms with van der Waals surface area (Å²) < 4.78 is 5.57. The monoisotopic (exact) mass is 285 g/mol. The highest BCUT2D eigenvalue weighted by molar-refractivity contribution is 5.76. The Kier molecular flexibility index (Phi) is 9.11. The second-order valence-electron chi connectivity index (χ2n) is 6.59. The largest absolute Gasteiger partial charge is 0.464 e. The van der Waals surface area contributed by atoms with E-state index in [1.54, 1.807) is 0 Å². The number of esters is 1. The zero-order chi connectivity index (χ0) is 15.8. The quantitative estimate of drug-likeness (QED) is 0.566. The van der Waals surface area contributed by atoms with Crippen LogP contribution in [0.3, 0.4) is 0 Å². The van der Waals surface area contributed by atoms with Gasteiger partial charge in [0.2, 0.25) is 0 Å². The Bertz CT molecular complexity index is 276. The lowest BCUT2D eigenvalue weighted by atomic mass is 9.75. The minimum atomic E-state index is -0.345. The fourth-order valence-corrected chi connectivity index (χ4v) is 2.48. The van der Waals surface area contributed by atoms with E-state index >= 15 is 0 Å². The van der Waals surface area contributed by atoms with Crippen molar-refractivity contribution in [1.29, 1.82) is 0 Å². The van der Waals surface area contributed by atoms with Crippen molar-refractivity contribution in [3.63, 3.8) is 0 Å². The van der Waals surface area contributed by atoms with Gasteiger partial charge in [-0.3, -0.25) is 9.69 Å². The molecule has 0 heterocycles. The van der Waals surface area contributed by atoms with Crippen LogP contribution in [0.5, 0.6) is 0 Å². The average Bonchev–Trinajstić information content (AvgIpc) is 2.37. The minimum absolute atomic E-state index is 0.0328. The Morgan fingerprint density at radius 1 is 1.10 bits per heavy atom. The molecule has 1 atom stereocenters. The van der Waals surface area contributed by atoms with Gasteiger partial charge in [0.25, 0.3) is 0 Å². The predicted octanol–water partition coefficient (Wildman–Crippen LogP) is 4.11. The average molecular weight is 285 g/mol. The molecule has 0 aliphatic carbocycles. The third-order valence-electron chi connectivity index (χ3n) is 4.36. The summed E-state index contributed by atoms with van der Waals surface area (Å²) in [5, 5.41) is 0. The van der Waals surface area contributed by atoms with Crippen molar-refractivity contribution in [2.24, 2.45) is 11.3 Å². The van der Waals surface area contributed by atoms with Crippen molar-refractivity contribution < 1.29 is 9.53 Å². The molecule has 0 saturated carbocycles. The van der Waals surface area contributed by atoms with Crippen molar-refractivity contribution in [3.8, 4) is 0 Å². The van der Waals surface area contributed by atoms with E-state index in [2.05, 4.69) is 46.4 Å². The van der Waals surface area contributed by atoms with Gasteiger partial charge in [0.1, 0.15) is 6.61 Å². The highest BCUT2D eigenvalue weighted by Crippen LogP contribution is 2.33. The van der Waals surface area contributed by atoms with Crippen LogP contribution in [-0.2, 0) is 9.53 Å². The van der Waals surface area contributed by atoms with Crippen molar-refractivity contribution in [3.05, 3.63) is 0 Å². The van der Waals surface area contributed by atoms with Crippen LogP contribution in [0.1, 0.15) is 67.7 Å². The number of ether oxygens (including phenoxy) is 1. The van der Waals surface area contributed by atoms with Gasteiger partial charge in [0.15, 0.2) is 0 Å². The van der Waals surface area contributed by atoms with E-state index < -0.39 is 0 Å². The molecule has 20 heavy (non-hydrogen) atoms. The summed E-state index contributed by atoms with van der Waals surface area (Å²) in [7, 11) is 0. The highest BCUT2D eigenvalue weighted by atomic mass is 16.5. The smallest absolute Gasteiger partial charge is 0.312 e. The molecule has 0 aliphatic rings. The highest BCUT2D eigenvalue weighted by Gasteiger charge is 2.37. The molecule has 0 aromatic rings. The van der Waals surface area contributed by atoms with E-state index in [0.29, 0.717) is 18.6 Å². The molecule has 0 aromatic carbocycles. The van der Waals surface area contributed by atoms with E-state index in [-0.39, 0.29) is 11.4 Å². The molecule has 120 valence electrons. The van der Waals surface area contributed by atoms with Gasteiger partial charge in [-0.25, -0.2) is 0 Å². The minimum Gasteiger partial charge on any atom is -0.464 e. The maximum atomic E-state index is 12.4. The Balaban J connectivity index is 4.38. The van der Waals surface area contributed by atoms with Crippen molar-refractivity contribution >= 4 is 5.97 Å². The molecular weight excluding hydrogens is 250 g/mol. The molecular formula is C17H35NO2. The molecule has 0 aliphatic heterocycles. The van der Waals surface area contributed by atoms with Crippen LogP contribution < -0.4 is 0 Å². The number of carbonyl (C=O) groups is 1. The Morgan fingerprint density at radius 3 is 2.10 bits per heavy atom. The molecule has 0 spiro atoms. The van der Waals surface area contributed by atoms with Gasteiger partial charge in [0, 0.05) is 12.6 Å². The van der Waals surface area contributed by atoms with E-state index in [1.807, 2.05) is 6.92 Å². The summed E-state index contributed by atoms with van der Waals surface area (Å²) in [6.07, 6.45) is 3.04. The number of rotatable bonds is 10. The normalized spacial score (nSPS) is 14.9. The van der Waals surface area contributed by atoms with Crippen LogP contribution in [-0.4, -0.2) is 36.6 Å². The number of carbonyl (C=O) groups excluding carboxylic acids is 1. The Labute approximate surface area is 126 Å². The second-order valence-corrected chi connectivity index (χ2v) is 6.59. The van der Waals surface area contributed by atoms with Gasteiger partial charge < -0.3 is 4.74 Å². The van der Waals surface area contributed by atoms with Crippen LogP contribution in [0.15, 0.2) is 0 Å². The van der Waals surface area contributed by atoms with E-state index in [9.17, 15) is 4.79 Å². The summed E-state index contributed by atoms with van der Waals surface area (Å²) in [6.45, 7) is 17.3. The van der Waals surface area contributed by atoms with Gasteiger partial charge in [-0.05, 0) is 46.1 Å². The van der Waals surface area contributed by atoms with Crippen molar-refractivity contribution in [2.75, 3.05) is 19.7 Å². The Morgan fingerprint density at radius 2 is 1.70 bits per heavy atom. The molecule has 0 saturated heterocycles. The van der Waals surface area contributed by atoms with Crippen molar-refractivity contribution in [2.45, 2.75) is 73.8 Å². The molecule has 0 N–H and O–H groups in total. The van der Waals surface area contributed by atoms with Gasteiger partial charge in [-0.2, -0.15) is 0 Å². The molecule has 0 amide bonds. The van der Waals surface area contributed by atoms with Gasteiger partial charge in [-0.1, -0.05) is 34.1 Å². The van der Waals surface area contributed by atoms with Crippen LogP contribution in [0, 0.1) is 11.3 Å². The molecule has 0 aromatic heterocycles. The van der Waals surface area contributed by atoms with Crippen LogP contribution in [0.25, 0.3) is 0 Å². The first-order chi connectivity index (χ1) is 9.29. The fourth-order valence-electron chi connectivity index (χ4n) is 2.48. The van der Waals surface area contributed by atoms with Crippen LogP contribution >= 0.6 is 0 Å². The Hall–Kier alpha value is -0.570. The van der Waals surface area contributed by atoms with Gasteiger partial charge in [0.05, 0.1) is 5.41 Å². The maximum Gasteiger partial charge on any atom is 0.312 e. The molecule has 1 unspecified atom stereocenters. The standard InChI is InChI=1S/C17H35NO2/c1-8-10-17(7,14(3)4)16(19)20-13-12-18(11-9-2)15(5)6/h14-15H,8-13H2,1-7H3.